The van der Waals surface area contributed by atoms with Crippen molar-refractivity contribution in [3.63, 3.8) is 0 Å². The Kier molecular flexibility index (Phi) is 6.85. The average Bonchev–Trinajstić information content (AvgIpc) is 3.17. The van der Waals surface area contributed by atoms with E-state index in [4.69, 9.17) is 11.6 Å². The van der Waals surface area contributed by atoms with Crippen LogP contribution < -0.4 is 0 Å². The minimum Gasteiger partial charge on any atom is -0.341 e. The normalized spacial score (nSPS) is 26.3. The first-order chi connectivity index (χ1) is 12.9. The smallest absolute Gasteiger partial charge is 0.225 e. The van der Waals surface area contributed by atoms with Gasteiger partial charge in [0.05, 0.1) is 10.1 Å². The molecule has 1 saturated heterocycles. The van der Waals surface area contributed by atoms with Gasteiger partial charge in [-0.25, -0.2) is 8.42 Å². The fraction of sp³-hybridized carbons (Fsp3) is 0.667. The van der Waals surface area contributed by atoms with Gasteiger partial charge in [-0.1, -0.05) is 37.8 Å². The highest BCUT2D eigenvalue weighted by atomic mass is 35.5. The molecule has 0 spiro atoms. The van der Waals surface area contributed by atoms with Crippen molar-refractivity contribution in [1.29, 1.82) is 0 Å². The summed E-state index contributed by atoms with van der Waals surface area (Å²) in [6, 6.07) is 6.31. The van der Waals surface area contributed by atoms with Crippen molar-refractivity contribution < 1.29 is 13.2 Å². The van der Waals surface area contributed by atoms with E-state index in [1.165, 1.54) is 19.3 Å². The van der Waals surface area contributed by atoms with Crippen LogP contribution >= 0.6 is 11.6 Å². The molecule has 0 aromatic heterocycles. The van der Waals surface area contributed by atoms with Crippen molar-refractivity contribution >= 4 is 27.3 Å². The first kappa shape index (κ1) is 20.7. The summed E-state index contributed by atoms with van der Waals surface area (Å²) in [7, 11) is -3.42. The number of carbonyl (C=O) groups excluding carboxylic acids is 1. The van der Waals surface area contributed by atoms with E-state index in [0.717, 1.165) is 31.6 Å². The first-order valence-electron chi connectivity index (χ1n) is 10.2. The number of likely N-dealkylation sites (tertiary alicyclic amines) is 1. The highest BCUT2D eigenvalue weighted by Gasteiger charge is 2.38. The Labute approximate surface area is 168 Å². The van der Waals surface area contributed by atoms with E-state index in [1.807, 2.05) is 0 Å². The molecular formula is C21H30ClNO3S. The highest BCUT2D eigenvalue weighted by Crippen LogP contribution is 2.34. The Balaban J connectivity index is 1.56. The van der Waals surface area contributed by atoms with Crippen LogP contribution in [0.1, 0.15) is 58.3 Å². The maximum absolute atomic E-state index is 12.9. The molecule has 1 aliphatic carbocycles. The molecule has 1 saturated carbocycles. The van der Waals surface area contributed by atoms with Crippen LogP contribution in [-0.4, -0.2) is 37.6 Å². The van der Waals surface area contributed by atoms with Crippen LogP contribution in [-0.2, 0) is 14.6 Å². The summed E-state index contributed by atoms with van der Waals surface area (Å²) in [4.78, 5) is 15.0. The van der Waals surface area contributed by atoms with Crippen LogP contribution in [0.25, 0.3) is 0 Å². The SMILES string of the molecule is CCCCC1CCC(C(=O)N2CCC(S(=O)(=O)c3ccc(Cl)cc3)C2)CC1. The zero-order valence-corrected chi connectivity index (χ0v) is 17.6. The molecule has 1 aromatic rings. The molecule has 1 aromatic carbocycles. The molecule has 0 radical (unpaired) electrons. The van der Waals surface area contributed by atoms with Crippen LogP contribution in [0.3, 0.4) is 0 Å². The highest BCUT2D eigenvalue weighted by molar-refractivity contribution is 7.92. The summed E-state index contributed by atoms with van der Waals surface area (Å²) in [6.45, 7) is 3.09. The Morgan fingerprint density at radius 1 is 1.11 bits per heavy atom. The van der Waals surface area contributed by atoms with Crippen molar-refractivity contribution in [2.75, 3.05) is 13.1 Å². The molecule has 6 heteroatoms. The standard InChI is InChI=1S/C21H30ClNO3S/c1-2-3-4-16-5-7-17(8-6-16)21(24)23-14-13-20(15-23)27(25,26)19-11-9-18(22)10-12-19/h9-12,16-17,20H,2-8,13-15H2,1H3. The van der Waals surface area contributed by atoms with Crippen LogP contribution in [0.5, 0.6) is 0 Å². The lowest BCUT2D eigenvalue weighted by Gasteiger charge is -2.30. The van der Waals surface area contributed by atoms with E-state index < -0.39 is 15.1 Å². The third kappa shape index (κ3) is 4.86. The quantitative estimate of drug-likeness (QED) is 0.681. The molecule has 1 amide bonds. The number of sulfone groups is 1. The monoisotopic (exact) mass is 411 g/mol. The molecule has 1 heterocycles. The van der Waals surface area contributed by atoms with Crippen molar-refractivity contribution in [1.82, 2.24) is 4.90 Å². The third-order valence-corrected chi connectivity index (χ3v) is 8.64. The van der Waals surface area contributed by atoms with Crippen molar-refractivity contribution in [3.8, 4) is 0 Å². The lowest BCUT2D eigenvalue weighted by Crippen LogP contribution is -2.37. The van der Waals surface area contributed by atoms with Gasteiger partial charge < -0.3 is 4.90 Å². The molecule has 1 aliphatic heterocycles. The fourth-order valence-electron chi connectivity index (χ4n) is 4.45. The van der Waals surface area contributed by atoms with E-state index in [0.29, 0.717) is 29.4 Å². The van der Waals surface area contributed by atoms with Gasteiger partial charge in [0, 0.05) is 24.0 Å². The lowest BCUT2D eigenvalue weighted by molar-refractivity contribution is -0.135. The minimum absolute atomic E-state index is 0.0832. The number of amides is 1. The predicted molar refractivity (Wildman–Crippen MR) is 109 cm³/mol. The fourth-order valence-corrected chi connectivity index (χ4v) is 6.27. The summed E-state index contributed by atoms with van der Waals surface area (Å²) in [6.07, 6.45) is 8.49. The Hall–Kier alpha value is -1.07. The summed E-state index contributed by atoms with van der Waals surface area (Å²) < 4.78 is 25.7. The lowest BCUT2D eigenvalue weighted by atomic mass is 9.79. The molecule has 2 fully saturated rings. The van der Waals surface area contributed by atoms with Gasteiger partial charge in [0.1, 0.15) is 0 Å². The Morgan fingerprint density at radius 2 is 1.78 bits per heavy atom. The molecule has 1 unspecified atom stereocenters. The molecule has 1 atom stereocenters. The maximum atomic E-state index is 12.9. The van der Waals surface area contributed by atoms with E-state index in [9.17, 15) is 13.2 Å². The van der Waals surface area contributed by atoms with E-state index in [1.54, 1.807) is 29.2 Å². The molecule has 0 N–H and O–H groups in total. The molecular weight excluding hydrogens is 382 g/mol. The van der Waals surface area contributed by atoms with Crippen LogP contribution in [0.2, 0.25) is 5.02 Å². The van der Waals surface area contributed by atoms with Gasteiger partial charge in [0.25, 0.3) is 0 Å². The predicted octanol–water partition coefficient (Wildman–Crippen LogP) is 4.71. The number of benzene rings is 1. The minimum atomic E-state index is -3.42. The number of carbonyl (C=O) groups is 1. The molecule has 27 heavy (non-hydrogen) atoms. The number of nitrogens with zero attached hydrogens (tertiary/aromatic N) is 1. The van der Waals surface area contributed by atoms with E-state index in [2.05, 4.69) is 6.92 Å². The van der Waals surface area contributed by atoms with E-state index in [-0.39, 0.29) is 11.8 Å². The van der Waals surface area contributed by atoms with Gasteiger partial charge >= 0.3 is 0 Å². The van der Waals surface area contributed by atoms with Crippen molar-refractivity contribution in [2.45, 2.75) is 68.4 Å². The zero-order valence-electron chi connectivity index (χ0n) is 16.1. The van der Waals surface area contributed by atoms with Crippen LogP contribution in [0.4, 0.5) is 0 Å². The molecule has 0 bridgehead atoms. The second-order valence-electron chi connectivity index (χ2n) is 8.05. The number of halogens is 1. The largest absolute Gasteiger partial charge is 0.341 e. The van der Waals surface area contributed by atoms with E-state index >= 15 is 0 Å². The van der Waals surface area contributed by atoms with Crippen LogP contribution in [0.15, 0.2) is 29.2 Å². The zero-order chi connectivity index (χ0) is 19.4. The number of unbranched alkanes of at least 4 members (excludes halogenated alkanes) is 1. The topological polar surface area (TPSA) is 54.5 Å². The first-order valence-corrected chi connectivity index (χ1v) is 12.1. The summed E-state index contributed by atoms with van der Waals surface area (Å²) >= 11 is 5.86. The average molecular weight is 412 g/mol. The van der Waals surface area contributed by atoms with Gasteiger partial charge in [0.15, 0.2) is 9.84 Å². The Bertz CT molecular complexity index is 739. The van der Waals surface area contributed by atoms with Crippen LogP contribution in [0, 0.1) is 11.8 Å². The number of hydrogen-bond donors (Lipinski definition) is 0. The molecule has 150 valence electrons. The van der Waals surface area contributed by atoms with Crippen molar-refractivity contribution in [2.24, 2.45) is 11.8 Å². The third-order valence-electron chi connectivity index (χ3n) is 6.20. The van der Waals surface area contributed by atoms with Gasteiger partial charge in [-0.2, -0.15) is 0 Å². The summed E-state index contributed by atoms with van der Waals surface area (Å²) in [5.74, 6) is 1.02. The second-order valence-corrected chi connectivity index (χ2v) is 10.7. The van der Waals surface area contributed by atoms with Gasteiger partial charge in [-0.05, 0) is 62.3 Å². The summed E-state index contributed by atoms with van der Waals surface area (Å²) in [5.41, 5.74) is 0. The van der Waals surface area contributed by atoms with Gasteiger partial charge in [-0.3, -0.25) is 4.79 Å². The second kappa shape index (κ2) is 8.95. The van der Waals surface area contributed by atoms with Crippen molar-refractivity contribution in [3.05, 3.63) is 29.3 Å². The molecule has 2 aliphatic rings. The number of hydrogen-bond acceptors (Lipinski definition) is 3. The Morgan fingerprint density at radius 3 is 2.41 bits per heavy atom. The molecule has 4 nitrogen and oxygen atoms in total. The van der Waals surface area contributed by atoms with Gasteiger partial charge in [-0.15, -0.1) is 0 Å². The molecule has 3 rings (SSSR count). The number of rotatable bonds is 6. The summed E-state index contributed by atoms with van der Waals surface area (Å²) in [5, 5.41) is 0.00948. The van der Waals surface area contributed by atoms with Gasteiger partial charge in [0.2, 0.25) is 5.91 Å². The maximum Gasteiger partial charge on any atom is 0.225 e.